The van der Waals surface area contributed by atoms with Crippen molar-refractivity contribution in [2.75, 3.05) is 11.9 Å². The predicted molar refractivity (Wildman–Crippen MR) is 70.6 cm³/mol. The van der Waals surface area contributed by atoms with Crippen molar-refractivity contribution in [2.45, 2.75) is 19.3 Å². The second-order valence-electron chi connectivity index (χ2n) is 4.13. The molecule has 2 aromatic heterocycles. The van der Waals surface area contributed by atoms with Crippen molar-refractivity contribution >= 4 is 44.9 Å². The minimum absolute atomic E-state index is 0.148. The van der Waals surface area contributed by atoms with Gasteiger partial charge in [0, 0.05) is 4.88 Å². The molecule has 94 valence electrons. The quantitative estimate of drug-likeness (QED) is 0.846. The number of nitrogens with zero attached hydrogens (tertiary/aromatic N) is 2. The van der Waals surface area contributed by atoms with E-state index in [1.165, 1.54) is 10.4 Å². The molecule has 3 rings (SSSR count). The van der Waals surface area contributed by atoms with E-state index in [0.29, 0.717) is 5.82 Å². The van der Waals surface area contributed by atoms with Crippen molar-refractivity contribution in [3.05, 3.63) is 15.7 Å². The largest absolute Gasteiger partial charge is 0.480 e. The summed E-state index contributed by atoms with van der Waals surface area (Å²) < 4.78 is 0. The SMILES string of the molecule is O=C(O)CNc1nc(Cl)nc2sc3c(c12)CCC3. The summed E-state index contributed by atoms with van der Waals surface area (Å²) in [6.07, 6.45) is 3.20. The van der Waals surface area contributed by atoms with Crippen LogP contribution in [0.4, 0.5) is 5.82 Å². The predicted octanol–water partition coefficient (Wildman–Crippen LogP) is 2.33. The molecule has 5 nitrogen and oxygen atoms in total. The van der Waals surface area contributed by atoms with Crippen LogP contribution in [0.5, 0.6) is 0 Å². The lowest BCUT2D eigenvalue weighted by atomic mass is 10.2. The van der Waals surface area contributed by atoms with Crippen molar-refractivity contribution < 1.29 is 9.90 Å². The number of carboxylic acids is 1. The second kappa shape index (κ2) is 4.37. The monoisotopic (exact) mass is 283 g/mol. The molecule has 0 fully saturated rings. The van der Waals surface area contributed by atoms with Gasteiger partial charge in [-0.05, 0) is 36.4 Å². The molecule has 0 unspecified atom stereocenters. The number of aryl methyl sites for hydroxylation is 2. The molecule has 7 heteroatoms. The Morgan fingerprint density at radius 1 is 1.44 bits per heavy atom. The van der Waals surface area contributed by atoms with Crippen LogP contribution in [-0.4, -0.2) is 27.6 Å². The van der Waals surface area contributed by atoms with Gasteiger partial charge in [-0.15, -0.1) is 11.3 Å². The fraction of sp³-hybridized carbons (Fsp3) is 0.364. The molecule has 0 aliphatic heterocycles. The van der Waals surface area contributed by atoms with E-state index in [4.69, 9.17) is 16.7 Å². The van der Waals surface area contributed by atoms with Crippen LogP contribution in [0.2, 0.25) is 5.28 Å². The van der Waals surface area contributed by atoms with Crippen molar-refractivity contribution in [3.8, 4) is 0 Å². The molecule has 0 saturated carbocycles. The molecule has 0 bridgehead atoms. The molecule has 1 aliphatic rings. The van der Waals surface area contributed by atoms with E-state index in [9.17, 15) is 4.79 Å². The highest BCUT2D eigenvalue weighted by Crippen LogP contribution is 2.39. The van der Waals surface area contributed by atoms with Crippen LogP contribution in [0.1, 0.15) is 16.9 Å². The fourth-order valence-corrected chi connectivity index (χ4v) is 3.74. The molecule has 18 heavy (non-hydrogen) atoms. The van der Waals surface area contributed by atoms with Crippen LogP contribution < -0.4 is 5.32 Å². The van der Waals surface area contributed by atoms with Gasteiger partial charge in [-0.1, -0.05) is 0 Å². The first-order chi connectivity index (χ1) is 8.65. The van der Waals surface area contributed by atoms with E-state index >= 15 is 0 Å². The van der Waals surface area contributed by atoms with Gasteiger partial charge in [0.25, 0.3) is 0 Å². The smallest absolute Gasteiger partial charge is 0.322 e. The van der Waals surface area contributed by atoms with Crippen LogP contribution in [0, 0.1) is 0 Å². The lowest BCUT2D eigenvalue weighted by Crippen LogP contribution is -2.13. The molecule has 1 aliphatic carbocycles. The molecule has 0 atom stereocenters. The van der Waals surface area contributed by atoms with Gasteiger partial charge in [-0.25, -0.2) is 9.97 Å². The second-order valence-corrected chi connectivity index (χ2v) is 5.55. The zero-order chi connectivity index (χ0) is 12.7. The highest BCUT2D eigenvalue weighted by molar-refractivity contribution is 7.19. The number of carboxylic acid groups (broad SMARTS) is 1. The average molecular weight is 284 g/mol. The Labute approximate surface area is 112 Å². The van der Waals surface area contributed by atoms with E-state index in [2.05, 4.69) is 15.3 Å². The number of carbonyl (C=O) groups is 1. The third-order valence-corrected chi connectivity index (χ3v) is 4.30. The zero-order valence-electron chi connectivity index (χ0n) is 9.36. The van der Waals surface area contributed by atoms with Gasteiger partial charge in [0.15, 0.2) is 0 Å². The average Bonchev–Trinajstić information content (AvgIpc) is 2.84. The molecular formula is C11H10ClN3O2S. The first-order valence-electron chi connectivity index (χ1n) is 5.58. The first-order valence-corrected chi connectivity index (χ1v) is 6.78. The molecule has 0 amide bonds. The van der Waals surface area contributed by atoms with E-state index < -0.39 is 5.97 Å². The number of nitrogens with one attached hydrogen (secondary N) is 1. The van der Waals surface area contributed by atoms with E-state index in [1.807, 2.05) is 0 Å². The van der Waals surface area contributed by atoms with E-state index in [0.717, 1.165) is 29.5 Å². The molecule has 0 radical (unpaired) electrons. The summed E-state index contributed by atoms with van der Waals surface area (Å²) in [4.78, 5) is 21.1. The maximum atomic E-state index is 10.6. The minimum Gasteiger partial charge on any atom is -0.480 e. The zero-order valence-corrected chi connectivity index (χ0v) is 10.9. The van der Waals surface area contributed by atoms with Gasteiger partial charge in [-0.3, -0.25) is 4.79 Å². The lowest BCUT2D eigenvalue weighted by Gasteiger charge is -2.05. The molecule has 2 heterocycles. The van der Waals surface area contributed by atoms with Crippen LogP contribution in [0.3, 0.4) is 0 Å². The molecule has 2 aromatic rings. The third-order valence-electron chi connectivity index (χ3n) is 2.94. The summed E-state index contributed by atoms with van der Waals surface area (Å²) in [5, 5.41) is 12.6. The summed E-state index contributed by atoms with van der Waals surface area (Å²) in [6.45, 7) is -0.174. The number of thiophene rings is 1. The first kappa shape index (κ1) is 11.7. The van der Waals surface area contributed by atoms with Crippen molar-refractivity contribution in [3.63, 3.8) is 0 Å². The Kier molecular flexibility index (Phi) is 2.83. The number of halogens is 1. The number of rotatable bonds is 3. The number of aromatic nitrogens is 2. The minimum atomic E-state index is -0.926. The van der Waals surface area contributed by atoms with Crippen LogP contribution >= 0.6 is 22.9 Å². The van der Waals surface area contributed by atoms with Gasteiger partial charge >= 0.3 is 5.97 Å². The number of hydrogen-bond donors (Lipinski definition) is 2. The van der Waals surface area contributed by atoms with Gasteiger partial charge in [-0.2, -0.15) is 0 Å². The Hall–Kier alpha value is -1.40. The van der Waals surface area contributed by atoms with Gasteiger partial charge in [0.1, 0.15) is 17.2 Å². The topological polar surface area (TPSA) is 75.1 Å². The lowest BCUT2D eigenvalue weighted by molar-refractivity contribution is -0.134. The molecular weight excluding hydrogens is 274 g/mol. The summed E-state index contributed by atoms with van der Waals surface area (Å²) in [5.74, 6) is -0.392. The van der Waals surface area contributed by atoms with Gasteiger partial charge in [0.05, 0.1) is 5.39 Å². The third kappa shape index (κ3) is 1.91. The summed E-state index contributed by atoms with van der Waals surface area (Å²) >= 11 is 7.48. The van der Waals surface area contributed by atoms with Crippen LogP contribution in [0.15, 0.2) is 0 Å². The maximum Gasteiger partial charge on any atom is 0.322 e. The Morgan fingerprint density at radius 3 is 3.06 bits per heavy atom. The molecule has 0 spiro atoms. The fourth-order valence-electron chi connectivity index (χ4n) is 2.26. The van der Waals surface area contributed by atoms with Crippen molar-refractivity contribution in [2.24, 2.45) is 0 Å². The number of fused-ring (bicyclic) bond motifs is 3. The standard InChI is InChI=1S/C11H10ClN3O2S/c12-11-14-9(13-4-7(16)17)8-5-2-1-3-6(5)18-10(8)15-11/h1-4H2,(H,16,17)(H,13,14,15). The molecule has 2 N–H and O–H groups in total. The highest BCUT2D eigenvalue weighted by Gasteiger charge is 2.22. The number of anilines is 1. The highest BCUT2D eigenvalue weighted by atomic mass is 35.5. The van der Waals surface area contributed by atoms with E-state index in [1.54, 1.807) is 11.3 Å². The van der Waals surface area contributed by atoms with Gasteiger partial charge in [0.2, 0.25) is 5.28 Å². The summed E-state index contributed by atoms with van der Waals surface area (Å²) in [6, 6.07) is 0. The van der Waals surface area contributed by atoms with Gasteiger partial charge < -0.3 is 10.4 Å². The van der Waals surface area contributed by atoms with Crippen LogP contribution in [-0.2, 0) is 17.6 Å². The van der Waals surface area contributed by atoms with Crippen molar-refractivity contribution in [1.82, 2.24) is 9.97 Å². The van der Waals surface area contributed by atoms with Crippen LogP contribution in [0.25, 0.3) is 10.2 Å². The Balaban J connectivity index is 2.13. The summed E-state index contributed by atoms with van der Waals surface area (Å²) in [5.41, 5.74) is 1.25. The van der Waals surface area contributed by atoms with E-state index in [-0.39, 0.29) is 11.8 Å². The maximum absolute atomic E-state index is 10.6. The Morgan fingerprint density at radius 2 is 2.28 bits per heavy atom. The molecule has 0 saturated heterocycles. The number of hydrogen-bond acceptors (Lipinski definition) is 5. The normalized spacial score (nSPS) is 13.8. The van der Waals surface area contributed by atoms with Crippen molar-refractivity contribution in [1.29, 1.82) is 0 Å². The summed E-state index contributed by atoms with van der Waals surface area (Å²) in [7, 11) is 0. The molecule has 0 aromatic carbocycles. The number of aliphatic carboxylic acids is 1. The Bertz CT molecular complexity index is 641.